The Hall–Kier alpha value is -0.860. The Labute approximate surface area is 110 Å². The van der Waals surface area contributed by atoms with Crippen molar-refractivity contribution < 1.29 is 5.11 Å². The third-order valence-corrected chi connectivity index (χ3v) is 4.72. The van der Waals surface area contributed by atoms with Crippen LogP contribution in [0.3, 0.4) is 0 Å². The van der Waals surface area contributed by atoms with E-state index in [1.54, 1.807) is 0 Å². The first-order valence-electron chi connectivity index (χ1n) is 7.19. The fourth-order valence-corrected chi connectivity index (χ4v) is 3.85. The van der Waals surface area contributed by atoms with Gasteiger partial charge in [-0.1, -0.05) is 43.5 Å². The number of hydrogen-bond acceptors (Lipinski definition) is 2. The van der Waals surface area contributed by atoms with Gasteiger partial charge in [0, 0.05) is 13.1 Å². The minimum Gasteiger partial charge on any atom is -0.384 e. The van der Waals surface area contributed by atoms with Crippen LogP contribution in [-0.4, -0.2) is 23.6 Å². The highest BCUT2D eigenvalue weighted by atomic mass is 16.3. The van der Waals surface area contributed by atoms with Gasteiger partial charge >= 0.3 is 0 Å². The molecule has 0 radical (unpaired) electrons. The van der Waals surface area contributed by atoms with E-state index >= 15 is 0 Å². The first-order chi connectivity index (χ1) is 8.70. The molecule has 18 heavy (non-hydrogen) atoms. The van der Waals surface area contributed by atoms with Crippen molar-refractivity contribution in [2.24, 2.45) is 5.92 Å². The number of β-amino-alcohol motifs (C(OH)–C–C–N with tert-alkyl or cyclic N) is 1. The summed E-state index contributed by atoms with van der Waals surface area (Å²) in [4.78, 5) is 2.26. The second-order valence-corrected chi connectivity index (χ2v) is 6.09. The van der Waals surface area contributed by atoms with Crippen LogP contribution in [0, 0.1) is 5.92 Å². The van der Waals surface area contributed by atoms with Gasteiger partial charge in [0.15, 0.2) is 0 Å². The molecule has 1 heterocycles. The van der Waals surface area contributed by atoms with Crippen molar-refractivity contribution in [1.29, 1.82) is 0 Å². The maximum atomic E-state index is 11.3. The van der Waals surface area contributed by atoms with Crippen LogP contribution in [0.15, 0.2) is 24.3 Å². The highest BCUT2D eigenvalue weighted by Gasteiger charge is 2.43. The van der Waals surface area contributed by atoms with Crippen molar-refractivity contribution in [3.63, 3.8) is 0 Å². The summed E-state index contributed by atoms with van der Waals surface area (Å²) in [5.74, 6) is 0.440. The maximum absolute atomic E-state index is 11.3. The maximum Gasteiger partial charge on any atom is 0.105 e. The molecule has 1 saturated carbocycles. The summed E-state index contributed by atoms with van der Waals surface area (Å²) in [5, 5.41) is 11.3. The summed E-state index contributed by atoms with van der Waals surface area (Å²) in [6.45, 7) is 1.75. The molecule has 2 heteroatoms. The smallest absolute Gasteiger partial charge is 0.105 e. The van der Waals surface area contributed by atoms with Gasteiger partial charge in [-0.15, -0.1) is 0 Å². The van der Waals surface area contributed by atoms with E-state index in [2.05, 4.69) is 36.2 Å². The number of nitrogens with zero attached hydrogens (tertiary/aromatic N) is 1. The molecule has 1 aliphatic carbocycles. The molecular weight excluding hydrogens is 222 g/mol. The van der Waals surface area contributed by atoms with E-state index in [0.717, 1.165) is 13.1 Å². The number of hydrogen-bond donors (Lipinski definition) is 1. The largest absolute Gasteiger partial charge is 0.384 e. The zero-order chi connectivity index (χ0) is 12.6. The van der Waals surface area contributed by atoms with Gasteiger partial charge in [-0.25, -0.2) is 0 Å². The molecule has 0 aromatic heterocycles. The second-order valence-electron chi connectivity index (χ2n) is 6.09. The zero-order valence-corrected chi connectivity index (χ0v) is 11.2. The van der Waals surface area contributed by atoms with Crippen molar-refractivity contribution in [2.45, 2.75) is 44.2 Å². The molecule has 98 valence electrons. The Morgan fingerprint density at radius 3 is 2.67 bits per heavy atom. The van der Waals surface area contributed by atoms with Gasteiger partial charge in [-0.05, 0) is 36.9 Å². The molecule has 1 atom stereocenters. The third kappa shape index (κ3) is 1.98. The van der Waals surface area contributed by atoms with E-state index in [1.807, 2.05) is 0 Å². The van der Waals surface area contributed by atoms with Gasteiger partial charge in [-0.2, -0.15) is 0 Å². The van der Waals surface area contributed by atoms with E-state index in [-0.39, 0.29) is 0 Å². The predicted molar refractivity (Wildman–Crippen MR) is 73.2 cm³/mol. The summed E-state index contributed by atoms with van der Waals surface area (Å²) < 4.78 is 0. The van der Waals surface area contributed by atoms with E-state index < -0.39 is 5.60 Å². The Bertz CT molecular complexity index is 425. The van der Waals surface area contributed by atoms with Gasteiger partial charge in [0.25, 0.3) is 0 Å². The Morgan fingerprint density at radius 1 is 1.17 bits per heavy atom. The lowest BCUT2D eigenvalue weighted by Gasteiger charge is -2.45. The van der Waals surface area contributed by atoms with E-state index in [9.17, 15) is 5.11 Å². The minimum absolute atomic E-state index is 0.440. The molecule has 3 rings (SSSR count). The SMILES string of the molecule is CN1Cc2ccccc2C(O)(C2CCCCC2)C1. The molecular formula is C16H23NO. The highest BCUT2D eigenvalue weighted by molar-refractivity contribution is 5.35. The summed E-state index contributed by atoms with van der Waals surface area (Å²) in [6, 6.07) is 8.45. The standard InChI is InChI=1S/C16H23NO/c1-17-11-13-7-5-6-10-15(13)16(18,12-17)14-8-3-2-4-9-14/h5-7,10,14,18H,2-4,8-9,11-12H2,1H3. The van der Waals surface area contributed by atoms with Gasteiger partial charge in [0.05, 0.1) is 0 Å². The summed E-state index contributed by atoms with van der Waals surface area (Å²) in [7, 11) is 2.11. The van der Waals surface area contributed by atoms with Crippen LogP contribution in [-0.2, 0) is 12.1 Å². The molecule has 1 fully saturated rings. The monoisotopic (exact) mass is 245 g/mol. The number of likely N-dealkylation sites (N-methyl/N-ethyl adjacent to an activating group) is 1. The highest BCUT2D eigenvalue weighted by Crippen LogP contribution is 2.43. The minimum atomic E-state index is -0.621. The number of aliphatic hydroxyl groups is 1. The lowest BCUT2D eigenvalue weighted by atomic mass is 9.70. The van der Waals surface area contributed by atoms with Crippen molar-refractivity contribution in [1.82, 2.24) is 4.90 Å². The molecule has 1 aromatic rings. The molecule has 2 aliphatic rings. The zero-order valence-electron chi connectivity index (χ0n) is 11.2. The average molecular weight is 245 g/mol. The molecule has 0 spiro atoms. The fourth-order valence-electron chi connectivity index (χ4n) is 3.85. The molecule has 1 unspecified atom stereocenters. The van der Waals surface area contributed by atoms with Crippen LogP contribution in [0.5, 0.6) is 0 Å². The van der Waals surface area contributed by atoms with Crippen LogP contribution >= 0.6 is 0 Å². The first kappa shape index (κ1) is 12.2. The van der Waals surface area contributed by atoms with Crippen LogP contribution < -0.4 is 0 Å². The van der Waals surface area contributed by atoms with Gasteiger partial charge in [0.2, 0.25) is 0 Å². The first-order valence-corrected chi connectivity index (χ1v) is 7.19. The van der Waals surface area contributed by atoms with Crippen molar-refractivity contribution in [3.05, 3.63) is 35.4 Å². The topological polar surface area (TPSA) is 23.5 Å². The Morgan fingerprint density at radius 2 is 1.89 bits per heavy atom. The van der Waals surface area contributed by atoms with Crippen LogP contribution in [0.2, 0.25) is 0 Å². The lowest BCUT2D eigenvalue weighted by Crippen LogP contribution is -2.49. The molecule has 0 amide bonds. The number of benzene rings is 1. The van der Waals surface area contributed by atoms with E-state index in [0.29, 0.717) is 5.92 Å². The Balaban J connectivity index is 1.99. The van der Waals surface area contributed by atoms with Crippen LogP contribution in [0.1, 0.15) is 43.2 Å². The van der Waals surface area contributed by atoms with E-state index in [4.69, 9.17) is 0 Å². The number of fused-ring (bicyclic) bond motifs is 1. The third-order valence-electron chi connectivity index (χ3n) is 4.72. The second kappa shape index (κ2) is 4.67. The number of rotatable bonds is 1. The summed E-state index contributed by atoms with van der Waals surface area (Å²) in [6.07, 6.45) is 6.25. The molecule has 0 bridgehead atoms. The fraction of sp³-hybridized carbons (Fsp3) is 0.625. The van der Waals surface area contributed by atoms with Crippen molar-refractivity contribution >= 4 is 0 Å². The quantitative estimate of drug-likeness (QED) is 0.822. The summed E-state index contributed by atoms with van der Waals surface area (Å²) >= 11 is 0. The van der Waals surface area contributed by atoms with Gasteiger partial charge in [0.1, 0.15) is 5.60 Å². The molecule has 0 saturated heterocycles. The van der Waals surface area contributed by atoms with Gasteiger partial charge in [-0.3, -0.25) is 4.90 Å². The molecule has 1 aromatic carbocycles. The summed E-state index contributed by atoms with van der Waals surface area (Å²) in [5.41, 5.74) is 1.87. The lowest BCUT2D eigenvalue weighted by molar-refractivity contribution is -0.0705. The predicted octanol–water partition coefficient (Wildman–Crippen LogP) is 2.90. The average Bonchev–Trinajstić information content (AvgIpc) is 2.39. The van der Waals surface area contributed by atoms with Crippen molar-refractivity contribution in [3.8, 4) is 0 Å². The normalized spacial score (nSPS) is 30.1. The van der Waals surface area contributed by atoms with Crippen LogP contribution in [0.25, 0.3) is 0 Å². The van der Waals surface area contributed by atoms with Gasteiger partial charge < -0.3 is 5.11 Å². The molecule has 1 N–H and O–H groups in total. The van der Waals surface area contributed by atoms with Crippen molar-refractivity contribution in [2.75, 3.05) is 13.6 Å². The Kier molecular flexibility index (Phi) is 3.16. The van der Waals surface area contributed by atoms with E-state index in [1.165, 1.54) is 43.2 Å². The molecule has 1 aliphatic heterocycles. The van der Waals surface area contributed by atoms with Crippen LogP contribution in [0.4, 0.5) is 0 Å². The molecule has 2 nitrogen and oxygen atoms in total.